The molecule has 3 nitrogen and oxygen atoms in total. The number of alkyl halides is 3. The van der Waals surface area contributed by atoms with Crippen molar-refractivity contribution in [2.45, 2.75) is 25.1 Å². The van der Waals surface area contributed by atoms with Gasteiger partial charge in [0.05, 0.1) is 22.2 Å². The van der Waals surface area contributed by atoms with Crippen molar-refractivity contribution in [3.8, 4) is 0 Å². The number of halogens is 5. The number of amides is 1. The highest BCUT2D eigenvalue weighted by Crippen LogP contribution is 2.35. The molecule has 0 saturated carbocycles. The highest BCUT2D eigenvalue weighted by atomic mass is 35.5. The molecule has 1 amide bonds. The molecule has 0 spiro atoms. The van der Waals surface area contributed by atoms with Crippen molar-refractivity contribution in [1.29, 1.82) is 0 Å². The largest absolute Gasteiger partial charge is 0.417 e. The maximum atomic E-state index is 14.1. The fraction of sp³-hybridized carbons (Fsp3) is 0.222. The molecule has 0 aliphatic rings. The summed E-state index contributed by atoms with van der Waals surface area (Å²) in [7, 11) is 0. The highest BCUT2D eigenvalue weighted by Gasteiger charge is 2.38. The Hall–Kier alpha value is -2.41. The van der Waals surface area contributed by atoms with E-state index in [4.69, 9.17) is 11.6 Å². The van der Waals surface area contributed by atoms with Gasteiger partial charge in [-0.15, -0.1) is 0 Å². The van der Waals surface area contributed by atoms with Gasteiger partial charge in [0, 0.05) is 5.92 Å². The molecule has 0 aliphatic carbocycles. The van der Waals surface area contributed by atoms with Gasteiger partial charge in [-0.1, -0.05) is 48.9 Å². The second-order valence-corrected chi connectivity index (χ2v) is 6.02. The first-order valence-electron chi connectivity index (χ1n) is 7.53. The normalized spacial score (nSPS) is 13.8. The molecule has 138 valence electrons. The van der Waals surface area contributed by atoms with Gasteiger partial charge >= 0.3 is 6.18 Å². The molecule has 8 heteroatoms. The van der Waals surface area contributed by atoms with Crippen molar-refractivity contribution in [2.75, 3.05) is 0 Å². The molecule has 0 aliphatic heterocycles. The smallest absolute Gasteiger partial charge is 0.342 e. The zero-order chi connectivity index (χ0) is 19.5. The number of hydrogen-bond donors (Lipinski definition) is 1. The molecule has 0 aromatic heterocycles. The molecule has 2 aromatic rings. The molecule has 0 radical (unpaired) electrons. The highest BCUT2D eigenvalue weighted by molar-refractivity contribution is 6.31. The molecule has 0 saturated heterocycles. The Balaban J connectivity index is 2.37. The van der Waals surface area contributed by atoms with Crippen LogP contribution in [-0.2, 0) is 11.0 Å². The second-order valence-electron chi connectivity index (χ2n) is 5.62. The Morgan fingerprint density at radius 2 is 1.77 bits per heavy atom. The van der Waals surface area contributed by atoms with Crippen LogP contribution in [0.3, 0.4) is 0 Å². The van der Waals surface area contributed by atoms with Gasteiger partial charge in [0.25, 0.3) is 5.91 Å². The van der Waals surface area contributed by atoms with Crippen LogP contribution in [0.5, 0.6) is 0 Å². The molecule has 0 bridgehead atoms. The van der Waals surface area contributed by atoms with Crippen molar-refractivity contribution >= 4 is 23.8 Å². The van der Waals surface area contributed by atoms with Crippen LogP contribution >= 0.6 is 11.6 Å². The van der Waals surface area contributed by atoms with Crippen LogP contribution in [0.1, 0.15) is 34.3 Å². The van der Waals surface area contributed by atoms with Gasteiger partial charge in [0.15, 0.2) is 5.82 Å². The number of aldehydes is 1. The van der Waals surface area contributed by atoms with Gasteiger partial charge in [0.1, 0.15) is 6.29 Å². The third-order valence-corrected chi connectivity index (χ3v) is 4.23. The summed E-state index contributed by atoms with van der Waals surface area (Å²) < 4.78 is 53.5. The lowest BCUT2D eigenvalue weighted by molar-refractivity contribution is -0.138. The van der Waals surface area contributed by atoms with Crippen LogP contribution in [0.2, 0.25) is 5.02 Å². The zero-order valence-corrected chi connectivity index (χ0v) is 14.2. The van der Waals surface area contributed by atoms with E-state index in [-0.39, 0.29) is 0 Å². The Labute approximate surface area is 152 Å². The van der Waals surface area contributed by atoms with Gasteiger partial charge in [-0.05, 0) is 17.7 Å². The minimum absolute atomic E-state index is 0.394. The monoisotopic (exact) mass is 387 g/mol. The summed E-state index contributed by atoms with van der Waals surface area (Å²) in [5, 5.41) is 1.53. The lowest BCUT2D eigenvalue weighted by Crippen LogP contribution is -2.40. The second kappa shape index (κ2) is 7.86. The molecule has 2 unspecified atom stereocenters. The Morgan fingerprint density at radius 1 is 1.15 bits per heavy atom. The van der Waals surface area contributed by atoms with E-state index < -0.39 is 46.0 Å². The third kappa shape index (κ3) is 4.22. The Morgan fingerprint density at radius 3 is 2.31 bits per heavy atom. The van der Waals surface area contributed by atoms with Gasteiger partial charge in [0.2, 0.25) is 0 Å². The van der Waals surface area contributed by atoms with Crippen LogP contribution < -0.4 is 5.32 Å². The van der Waals surface area contributed by atoms with Crippen LogP contribution in [0.25, 0.3) is 0 Å². The molecule has 2 rings (SSSR count). The molecule has 26 heavy (non-hydrogen) atoms. The quantitative estimate of drug-likeness (QED) is 0.602. The van der Waals surface area contributed by atoms with Crippen molar-refractivity contribution in [3.63, 3.8) is 0 Å². The fourth-order valence-electron chi connectivity index (χ4n) is 2.47. The van der Waals surface area contributed by atoms with Crippen LogP contribution in [0.4, 0.5) is 17.6 Å². The van der Waals surface area contributed by atoms with E-state index in [1.165, 1.54) is 0 Å². The van der Waals surface area contributed by atoms with Crippen LogP contribution in [0.15, 0.2) is 42.5 Å². The SMILES string of the molecule is CC(c1ccccc1)C(C=O)NC(=O)c1c(C(F)(F)F)ccc(Cl)c1F. The summed E-state index contributed by atoms with van der Waals surface area (Å²) >= 11 is 5.52. The van der Waals surface area contributed by atoms with Crippen molar-refractivity contribution < 1.29 is 27.2 Å². The molecule has 0 heterocycles. The number of nitrogens with one attached hydrogen (secondary N) is 1. The van der Waals surface area contributed by atoms with Gasteiger partial charge in [-0.3, -0.25) is 4.79 Å². The first kappa shape index (κ1) is 19.9. The molecular weight excluding hydrogens is 374 g/mol. The lowest BCUT2D eigenvalue weighted by Gasteiger charge is -2.22. The van der Waals surface area contributed by atoms with Gasteiger partial charge < -0.3 is 10.1 Å². The average molecular weight is 388 g/mol. The van der Waals surface area contributed by atoms with E-state index in [1.807, 2.05) is 0 Å². The fourth-order valence-corrected chi connectivity index (χ4v) is 2.63. The Kier molecular flexibility index (Phi) is 6.02. The van der Waals surface area contributed by atoms with E-state index in [0.717, 1.165) is 6.07 Å². The number of carbonyl (C=O) groups is 2. The standard InChI is InChI=1S/C18H14ClF4NO2/c1-10(11-5-3-2-4-6-11)14(9-25)24-17(26)15-12(18(21,22)23)7-8-13(19)16(15)20/h2-10,14H,1H3,(H,24,26). The molecule has 1 N–H and O–H groups in total. The number of hydrogen-bond acceptors (Lipinski definition) is 2. The van der Waals surface area contributed by atoms with E-state index in [0.29, 0.717) is 17.9 Å². The van der Waals surface area contributed by atoms with Crippen molar-refractivity contribution in [3.05, 3.63) is 70.0 Å². The molecule has 2 atom stereocenters. The number of benzene rings is 2. The summed E-state index contributed by atoms with van der Waals surface area (Å²) in [6.45, 7) is 1.62. The molecule has 0 fully saturated rings. The van der Waals surface area contributed by atoms with Crippen LogP contribution in [0, 0.1) is 5.82 Å². The van der Waals surface area contributed by atoms with E-state index in [1.54, 1.807) is 37.3 Å². The maximum absolute atomic E-state index is 14.1. The topological polar surface area (TPSA) is 46.2 Å². The molecule has 2 aromatic carbocycles. The van der Waals surface area contributed by atoms with Crippen molar-refractivity contribution in [2.24, 2.45) is 0 Å². The first-order chi connectivity index (χ1) is 12.2. The predicted octanol–water partition coefficient (Wildman–Crippen LogP) is 4.60. The maximum Gasteiger partial charge on any atom is 0.417 e. The average Bonchev–Trinajstić information content (AvgIpc) is 2.60. The van der Waals surface area contributed by atoms with E-state index in [2.05, 4.69) is 5.32 Å². The van der Waals surface area contributed by atoms with E-state index >= 15 is 0 Å². The summed E-state index contributed by atoms with van der Waals surface area (Å²) in [4.78, 5) is 23.7. The minimum Gasteiger partial charge on any atom is -0.342 e. The minimum atomic E-state index is -4.96. The van der Waals surface area contributed by atoms with E-state index in [9.17, 15) is 27.2 Å². The number of rotatable bonds is 5. The summed E-state index contributed by atoms with van der Waals surface area (Å²) in [6, 6.07) is 8.69. The summed E-state index contributed by atoms with van der Waals surface area (Å²) in [6.07, 6.45) is -4.56. The van der Waals surface area contributed by atoms with Crippen LogP contribution in [-0.4, -0.2) is 18.2 Å². The first-order valence-corrected chi connectivity index (χ1v) is 7.91. The van der Waals surface area contributed by atoms with Crippen molar-refractivity contribution in [1.82, 2.24) is 5.32 Å². The predicted molar refractivity (Wildman–Crippen MR) is 88.6 cm³/mol. The third-order valence-electron chi connectivity index (χ3n) is 3.94. The molecular formula is C18H14ClF4NO2. The Bertz CT molecular complexity index is 809. The summed E-state index contributed by atoms with van der Waals surface area (Å²) in [5.74, 6) is -3.39. The zero-order valence-electron chi connectivity index (χ0n) is 13.5. The van der Waals surface area contributed by atoms with Gasteiger partial charge in [-0.25, -0.2) is 4.39 Å². The lowest BCUT2D eigenvalue weighted by atomic mass is 9.93. The summed E-state index contributed by atoms with van der Waals surface area (Å²) in [5.41, 5.74) is -2.02. The van der Waals surface area contributed by atoms with Gasteiger partial charge in [-0.2, -0.15) is 13.2 Å². The number of carbonyl (C=O) groups excluding carboxylic acids is 2.